The Bertz CT molecular complexity index is 1710. The van der Waals surface area contributed by atoms with Gasteiger partial charge in [0.15, 0.2) is 24.6 Å². The van der Waals surface area contributed by atoms with Gasteiger partial charge in [0.05, 0.1) is 6.61 Å². The number of unbranched alkanes of at least 4 members (excludes halogenated alkanes) is 37. The number of esters is 3. The van der Waals surface area contributed by atoms with Gasteiger partial charge in [0.2, 0.25) is 0 Å². The Balaban J connectivity index is 2.63. The van der Waals surface area contributed by atoms with Crippen molar-refractivity contribution in [1.82, 2.24) is 0 Å². The quantitative estimate of drug-likeness (QED) is 0.0228. The minimum Gasteiger partial charge on any atom is -0.479 e. The van der Waals surface area contributed by atoms with Gasteiger partial charge < -0.3 is 39.0 Å². The predicted octanol–water partition coefficient (Wildman–Crippen LogP) is 19.5. The molecule has 6 unspecified atom stereocenters. The van der Waals surface area contributed by atoms with Crippen LogP contribution in [0.1, 0.15) is 329 Å². The molecule has 0 amide bonds. The molecular formula is C73H128O12. The number of aliphatic hydroxyl groups excluding tert-OH is 2. The molecule has 0 radical (unpaired) electrons. The van der Waals surface area contributed by atoms with Crippen molar-refractivity contribution in [3.8, 4) is 0 Å². The van der Waals surface area contributed by atoms with Gasteiger partial charge in [-0.25, -0.2) is 4.79 Å². The van der Waals surface area contributed by atoms with Gasteiger partial charge in [0, 0.05) is 19.3 Å². The molecule has 0 aromatic carbocycles. The summed E-state index contributed by atoms with van der Waals surface area (Å²) in [6, 6.07) is 0. The lowest BCUT2D eigenvalue weighted by atomic mass is 9.98. The maximum atomic E-state index is 13.2. The minimum atomic E-state index is -1.91. The first-order chi connectivity index (χ1) is 41.6. The number of aliphatic carboxylic acids is 1. The van der Waals surface area contributed by atoms with E-state index in [0.717, 1.165) is 116 Å². The van der Waals surface area contributed by atoms with Gasteiger partial charge in [0.1, 0.15) is 18.8 Å². The molecule has 0 spiro atoms. The first-order valence-corrected chi connectivity index (χ1v) is 35.3. The van der Waals surface area contributed by atoms with E-state index in [1.54, 1.807) is 0 Å². The Morgan fingerprint density at radius 1 is 0.400 bits per heavy atom. The molecule has 1 aliphatic rings. The molecule has 1 aliphatic heterocycles. The van der Waals surface area contributed by atoms with Gasteiger partial charge >= 0.3 is 23.9 Å². The third kappa shape index (κ3) is 50.0. The topological polar surface area (TPSA) is 175 Å². The standard InChI is InChI=1S/C73H128O12/c1-4-7-10-13-16-19-22-25-28-31-33-36-38-41-44-47-50-53-56-59-65(74)81-62-64(83-66(75)60-57-54-51-48-45-42-39-35-30-27-24-21-18-15-12-9-6-3)63-82-73-71(69(78)68(77)70(85-73)72(79)80)84-67(76)61-58-55-52-49-46-43-40-37-34-32-29-26-23-20-17-14-11-8-5-2/h9,12,18,21,25-30,64,68-71,73,77-78H,4-8,10-11,13-17,19-20,22-24,31-63H2,1-3H3,(H,79,80)/b12-9-,21-18-,28-25-,29-26-,30-27-. The summed E-state index contributed by atoms with van der Waals surface area (Å²) >= 11 is 0. The summed E-state index contributed by atoms with van der Waals surface area (Å²) in [6.45, 7) is 5.92. The number of hydrogen-bond acceptors (Lipinski definition) is 11. The highest BCUT2D eigenvalue weighted by Crippen LogP contribution is 2.27. The molecule has 1 fully saturated rings. The lowest BCUT2D eigenvalue weighted by Crippen LogP contribution is -2.61. The average Bonchev–Trinajstić information content (AvgIpc) is 3.53. The average molecular weight is 1200 g/mol. The molecule has 1 rings (SSSR count). The summed E-state index contributed by atoms with van der Waals surface area (Å²) in [4.78, 5) is 51.5. The van der Waals surface area contributed by atoms with Crippen molar-refractivity contribution in [3.05, 3.63) is 60.8 Å². The Morgan fingerprint density at radius 3 is 1.14 bits per heavy atom. The lowest BCUT2D eigenvalue weighted by molar-refractivity contribution is -0.301. The fourth-order valence-electron chi connectivity index (χ4n) is 10.7. The maximum absolute atomic E-state index is 13.2. The zero-order valence-corrected chi connectivity index (χ0v) is 54.6. The molecular weight excluding hydrogens is 1070 g/mol. The second-order valence-electron chi connectivity index (χ2n) is 24.1. The summed E-state index contributed by atoms with van der Waals surface area (Å²) in [7, 11) is 0. The monoisotopic (exact) mass is 1200 g/mol. The zero-order valence-electron chi connectivity index (χ0n) is 54.6. The van der Waals surface area contributed by atoms with Crippen molar-refractivity contribution < 1.29 is 58.2 Å². The molecule has 0 aliphatic carbocycles. The van der Waals surface area contributed by atoms with Crippen molar-refractivity contribution in [3.63, 3.8) is 0 Å². The smallest absolute Gasteiger partial charge is 0.335 e. The number of carbonyl (C=O) groups is 4. The highest BCUT2D eigenvalue weighted by atomic mass is 16.7. The van der Waals surface area contributed by atoms with E-state index in [4.69, 9.17) is 23.7 Å². The van der Waals surface area contributed by atoms with Crippen molar-refractivity contribution in [2.75, 3.05) is 13.2 Å². The SMILES string of the molecule is CC/C=C\C/C=C\C/C=C\CCCCCCCCCC(=O)OC(COC(=O)CCCCCCCCCCC/C=C\CCCCCCCC)COC1OC(C(=O)O)C(O)C(O)C1OC(=O)CCCCCCCCCCC/C=C\CCCCCCCC. The Labute approximate surface area is 519 Å². The van der Waals surface area contributed by atoms with Gasteiger partial charge in [-0.05, 0) is 103 Å². The van der Waals surface area contributed by atoms with Crippen LogP contribution in [0, 0.1) is 0 Å². The number of rotatable bonds is 61. The van der Waals surface area contributed by atoms with Crippen LogP contribution in [0.15, 0.2) is 60.8 Å². The first kappa shape index (κ1) is 79.4. The Hall–Kier alpha value is -3.58. The number of allylic oxidation sites excluding steroid dienone is 10. The highest BCUT2D eigenvalue weighted by Gasteiger charge is 2.50. The molecule has 0 saturated carbocycles. The molecule has 6 atom stereocenters. The van der Waals surface area contributed by atoms with Gasteiger partial charge in [-0.3, -0.25) is 14.4 Å². The predicted molar refractivity (Wildman–Crippen MR) is 349 cm³/mol. The van der Waals surface area contributed by atoms with Gasteiger partial charge in [-0.15, -0.1) is 0 Å². The van der Waals surface area contributed by atoms with Crippen LogP contribution in [0.4, 0.5) is 0 Å². The van der Waals surface area contributed by atoms with Crippen molar-refractivity contribution in [2.45, 2.75) is 366 Å². The van der Waals surface area contributed by atoms with E-state index in [1.807, 2.05) is 0 Å². The van der Waals surface area contributed by atoms with Crippen LogP contribution < -0.4 is 0 Å². The Morgan fingerprint density at radius 2 is 0.741 bits per heavy atom. The van der Waals surface area contributed by atoms with E-state index in [2.05, 4.69) is 81.5 Å². The molecule has 0 aromatic rings. The molecule has 12 nitrogen and oxygen atoms in total. The van der Waals surface area contributed by atoms with Crippen LogP contribution in [0.2, 0.25) is 0 Å². The fraction of sp³-hybridized carbons (Fsp3) is 0.808. The van der Waals surface area contributed by atoms with Gasteiger partial charge in [0.25, 0.3) is 0 Å². The maximum Gasteiger partial charge on any atom is 0.335 e. The van der Waals surface area contributed by atoms with Crippen LogP contribution in [0.5, 0.6) is 0 Å². The number of ether oxygens (including phenoxy) is 5. The molecule has 12 heteroatoms. The Kier molecular flexibility index (Phi) is 56.7. The highest BCUT2D eigenvalue weighted by molar-refractivity contribution is 5.74. The van der Waals surface area contributed by atoms with Crippen LogP contribution in [0.25, 0.3) is 0 Å². The molecule has 0 aromatic heterocycles. The molecule has 1 heterocycles. The largest absolute Gasteiger partial charge is 0.479 e. The van der Waals surface area contributed by atoms with Crippen LogP contribution in [0.3, 0.4) is 0 Å². The third-order valence-corrected chi connectivity index (χ3v) is 16.0. The molecule has 3 N–H and O–H groups in total. The molecule has 1 saturated heterocycles. The second kappa shape index (κ2) is 60.7. The fourth-order valence-corrected chi connectivity index (χ4v) is 10.7. The van der Waals surface area contributed by atoms with E-state index >= 15 is 0 Å². The first-order valence-electron chi connectivity index (χ1n) is 35.3. The molecule has 0 bridgehead atoms. The van der Waals surface area contributed by atoms with E-state index in [9.17, 15) is 34.5 Å². The van der Waals surface area contributed by atoms with Crippen LogP contribution in [-0.4, -0.2) is 89.2 Å². The van der Waals surface area contributed by atoms with Gasteiger partial charge in [-0.2, -0.15) is 0 Å². The minimum absolute atomic E-state index is 0.0579. The number of carboxylic acid groups (broad SMARTS) is 1. The number of hydrogen-bond donors (Lipinski definition) is 3. The summed E-state index contributed by atoms with van der Waals surface area (Å²) in [5.74, 6) is -3.11. The second-order valence-corrected chi connectivity index (χ2v) is 24.1. The zero-order chi connectivity index (χ0) is 61.7. The summed E-state index contributed by atoms with van der Waals surface area (Å²) in [5, 5.41) is 31.7. The number of carbonyl (C=O) groups excluding carboxylic acids is 3. The van der Waals surface area contributed by atoms with E-state index in [-0.39, 0.29) is 25.9 Å². The lowest BCUT2D eigenvalue weighted by Gasteiger charge is -2.40. The van der Waals surface area contributed by atoms with E-state index < -0.39 is 67.3 Å². The molecule has 492 valence electrons. The summed E-state index contributed by atoms with van der Waals surface area (Å²) in [6.07, 6.45) is 64.6. The summed E-state index contributed by atoms with van der Waals surface area (Å²) < 4.78 is 28.6. The van der Waals surface area contributed by atoms with E-state index in [0.29, 0.717) is 19.3 Å². The molecule has 85 heavy (non-hydrogen) atoms. The van der Waals surface area contributed by atoms with E-state index in [1.165, 1.54) is 154 Å². The third-order valence-electron chi connectivity index (χ3n) is 16.0. The number of aliphatic hydroxyl groups is 2. The van der Waals surface area contributed by atoms with Crippen molar-refractivity contribution in [1.29, 1.82) is 0 Å². The number of carboxylic acids is 1. The van der Waals surface area contributed by atoms with Crippen molar-refractivity contribution in [2.24, 2.45) is 0 Å². The normalized spacial score (nSPS) is 17.8. The summed E-state index contributed by atoms with van der Waals surface area (Å²) in [5.41, 5.74) is 0. The van der Waals surface area contributed by atoms with Crippen molar-refractivity contribution >= 4 is 23.9 Å². The van der Waals surface area contributed by atoms with Crippen LogP contribution >= 0.6 is 0 Å². The van der Waals surface area contributed by atoms with Crippen LogP contribution in [-0.2, 0) is 42.9 Å². The van der Waals surface area contributed by atoms with Gasteiger partial charge in [-0.1, -0.05) is 268 Å².